The minimum atomic E-state index is -0.107. The lowest BCUT2D eigenvalue weighted by molar-refractivity contribution is -0.116. The van der Waals surface area contributed by atoms with Gasteiger partial charge >= 0.3 is 0 Å². The predicted octanol–water partition coefficient (Wildman–Crippen LogP) is 4.56. The average molecular weight is 363 g/mol. The number of thiophene rings is 2. The summed E-state index contributed by atoms with van der Waals surface area (Å²) >= 11 is 12.2. The van der Waals surface area contributed by atoms with Crippen molar-refractivity contribution in [3.63, 3.8) is 0 Å². The Morgan fingerprint density at radius 1 is 1.33 bits per heavy atom. The Kier molecular flexibility index (Phi) is 5.00. The summed E-state index contributed by atoms with van der Waals surface area (Å²) in [7, 11) is 0. The van der Waals surface area contributed by atoms with E-state index in [0.717, 1.165) is 17.9 Å². The third-order valence-corrected chi connectivity index (χ3v) is 4.88. The first-order valence-corrected chi connectivity index (χ1v) is 7.89. The first-order valence-electron chi connectivity index (χ1n) is 5.09. The number of hydrogen-bond acceptors (Lipinski definition) is 3. The summed E-state index contributed by atoms with van der Waals surface area (Å²) < 4.78 is 1.79. The highest BCUT2D eigenvalue weighted by Gasteiger charge is 2.00. The summed E-state index contributed by atoms with van der Waals surface area (Å²) in [6.45, 7) is 0.509. The standard InChI is InChI=1S/C12H9BrClNOS2/c13-10-4-1-8(17-10)3-6-12(16)15-7-9-2-5-11(14)18-9/h1-6H,7H2,(H,15,16)/b6-3+. The maximum absolute atomic E-state index is 11.6. The van der Waals surface area contributed by atoms with Crippen LogP contribution < -0.4 is 5.32 Å². The molecule has 0 aliphatic heterocycles. The zero-order chi connectivity index (χ0) is 13.0. The van der Waals surface area contributed by atoms with Crippen molar-refractivity contribution in [3.8, 4) is 0 Å². The zero-order valence-electron chi connectivity index (χ0n) is 9.15. The quantitative estimate of drug-likeness (QED) is 0.794. The number of hydrogen-bond donors (Lipinski definition) is 1. The number of rotatable bonds is 4. The Labute approximate surface area is 126 Å². The second-order valence-corrected chi connectivity index (χ2v) is 7.69. The van der Waals surface area contributed by atoms with Gasteiger partial charge in [0.15, 0.2) is 0 Å². The van der Waals surface area contributed by atoms with Crippen LogP contribution in [-0.4, -0.2) is 5.91 Å². The smallest absolute Gasteiger partial charge is 0.244 e. The molecule has 1 amide bonds. The van der Waals surface area contributed by atoms with Crippen molar-refractivity contribution >= 4 is 62.2 Å². The molecule has 0 saturated heterocycles. The van der Waals surface area contributed by atoms with E-state index < -0.39 is 0 Å². The molecule has 2 rings (SSSR count). The van der Waals surface area contributed by atoms with Gasteiger partial charge in [-0.1, -0.05) is 11.6 Å². The van der Waals surface area contributed by atoms with Gasteiger partial charge in [0, 0.05) is 15.8 Å². The largest absolute Gasteiger partial charge is 0.348 e. The highest BCUT2D eigenvalue weighted by molar-refractivity contribution is 9.11. The van der Waals surface area contributed by atoms with E-state index in [-0.39, 0.29) is 5.91 Å². The molecule has 0 aliphatic rings. The minimum Gasteiger partial charge on any atom is -0.348 e. The average Bonchev–Trinajstić information content (AvgIpc) is 2.93. The molecule has 0 aliphatic carbocycles. The molecule has 18 heavy (non-hydrogen) atoms. The van der Waals surface area contributed by atoms with Gasteiger partial charge < -0.3 is 5.32 Å². The summed E-state index contributed by atoms with van der Waals surface area (Å²) in [5.74, 6) is -0.107. The van der Waals surface area contributed by atoms with E-state index in [1.165, 1.54) is 17.4 Å². The second kappa shape index (κ2) is 6.52. The fourth-order valence-electron chi connectivity index (χ4n) is 1.26. The van der Waals surface area contributed by atoms with Crippen molar-refractivity contribution in [2.45, 2.75) is 6.54 Å². The molecular formula is C12H9BrClNOS2. The van der Waals surface area contributed by atoms with Crippen LogP contribution in [0.3, 0.4) is 0 Å². The molecule has 0 fully saturated rings. The highest BCUT2D eigenvalue weighted by atomic mass is 79.9. The molecule has 6 heteroatoms. The van der Waals surface area contributed by atoms with Crippen LogP contribution in [0.1, 0.15) is 9.75 Å². The lowest BCUT2D eigenvalue weighted by Crippen LogP contribution is -2.19. The molecule has 0 atom stereocenters. The van der Waals surface area contributed by atoms with Crippen molar-refractivity contribution in [3.05, 3.63) is 48.2 Å². The van der Waals surface area contributed by atoms with Gasteiger partial charge in [-0.25, -0.2) is 0 Å². The summed E-state index contributed by atoms with van der Waals surface area (Å²) in [6, 6.07) is 7.65. The van der Waals surface area contributed by atoms with Crippen LogP contribution in [0.5, 0.6) is 0 Å². The van der Waals surface area contributed by atoms with Gasteiger partial charge in [0.25, 0.3) is 0 Å². The Morgan fingerprint density at radius 3 is 2.78 bits per heavy atom. The van der Waals surface area contributed by atoms with Crippen LogP contribution in [-0.2, 0) is 11.3 Å². The zero-order valence-corrected chi connectivity index (χ0v) is 13.1. The van der Waals surface area contributed by atoms with Crippen molar-refractivity contribution in [2.75, 3.05) is 0 Å². The lowest BCUT2D eigenvalue weighted by atomic mass is 10.4. The molecule has 2 aromatic rings. The summed E-state index contributed by atoms with van der Waals surface area (Å²) in [5, 5.41) is 2.81. The van der Waals surface area contributed by atoms with Crippen LogP contribution in [0.2, 0.25) is 4.34 Å². The van der Waals surface area contributed by atoms with Gasteiger partial charge in [-0.2, -0.15) is 0 Å². The first kappa shape index (κ1) is 13.8. The Balaban J connectivity index is 1.83. The first-order chi connectivity index (χ1) is 8.63. The maximum Gasteiger partial charge on any atom is 0.244 e. The third kappa shape index (κ3) is 4.24. The molecule has 0 bridgehead atoms. The summed E-state index contributed by atoms with van der Waals surface area (Å²) in [4.78, 5) is 13.7. The van der Waals surface area contributed by atoms with Crippen LogP contribution in [0.15, 0.2) is 34.1 Å². The molecule has 0 saturated carbocycles. The maximum atomic E-state index is 11.6. The van der Waals surface area contributed by atoms with Crippen LogP contribution in [0.4, 0.5) is 0 Å². The summed E-state index contributed by atoms with van der Waals surface area (Å²) in [5.41, 5.74) is 0. The molecule has 0 aromatic carbocycles. The van der Waals surface area contributed by atoms with Gasteiger partial charge in [-0.05, 0) is 46.3 Å². The Bertz CT molecular complexity index is 576. The number of halogens is 2. The topological polar surface area (TPSA) is 29.1 Å². The van der Waals surface area contributed by atoms with Crippen molar-refractivity contribution in [1.29, 1.82) is 0 Å². The van der Waals surface area contributed by atoms with Crippen LogP contribution >= 0.6 is 50.2 Å². The second-order valence-electron chi connectivity index (χ2n) is 3.40. The van der Waals surface area contributed by atoms with Crippen molar-refractivity contribution in [1.82, 2.24) is 5.32 Å². The van der Waals surface area contributed by atoms with Gasteiger partial charge in [0.05, 0.1) is 14.7 Å². The van der Waals surface area contributed by atoms with E-state index in [2.05, 4.69) is 21.2 Å². The van der Waals surface area contributed by atoms with Crippen molar-refractivity contribution < 1.29 is 4.79 Å². The lowest BCUT2D eigenvalue weighted by Gasteiger charge is -1.98. The number of nitrogens with one attached hydrogen (secondary N) is 1. The molecule has 2 aromatic heterocycles. The van der Waals surface area contributed by atoms with Crippen molar-refractivity contribution in [2.24, 2.45) is 0 Å². The molecule has 0 spiro atoms. The molecule has 0 radical (unpaired) electrons. The van der Waals surface area contributed by atoms with E-state index >= 15 is 0 Å². The minimum absolute atomic E-state index is 0.107. The normalized spacial score (nSPS) is 11.0. The Hall–Kier alpha value is -0.620. The fourth-order valence-corrected chi connectivity index (χ4v) is 3.61. The van der Waals surface area contributed by atoms with E-state index in [0.29, 0.717) is 6.54 Å². The van der Waals surface area contributed by atoms with E-state index in [1.54, 1.807) is 17.4 Å². The fraction of sp³-hybridized carbons (Fsp3) is 0.0833. The Morgan fingerprint density at radius 2 is 2.17 bits per heavy atom. The highest BCUT2D eigenvalue weighted by Crippen LogP contribution is 2.23. The van der Waals surface area contributed by atoms with Gasteiger partial charge in [-0.3, -0.25) is 4.79 Å². The molecule has 2 nitrogen and oxygen atoms in total. The molecular weight excluding hydrogens is 354 g/mol. The van der Waals surface area contributed by atoms with Gasteiger partial charge in [0.2, 0.25) is 5.91 Å². The molecule has 94 valence electrons. The van der Waals surface area contributed by atoms with E-state index in [1.807, 2.05) is 24.3 Å². The predicted molar refractivity (Wildman–Crippen MR) is 82.2 cm³/mol. The van der Waals surface area contributed by atoms with E-state index in [4.69, 9.17) is 11.6 Å². The van der Waals surface area contributed by atoms with Crippen LogP contribution in [0, 0.1) is 0 Å². The number of carbonyl (C=O) groups is 1. The monoisotopic (exact) mass is 361 g/mol. The molecule has 2 heterocycles. The van der Waals surface area contributed by atoms with E-state index in [9.17, 15) is 4.79 Å². The SMILES string of the molecule is O=C(/C=C/c1ccc(Br)s1)NCc1ccc(Cl)s1. The number of carbonyl (C=O) groups excluding carboxylic acids is 1. The third-order valence-electron chi connectivity index (χ3n) is 2.06. The van der Waals surface area contributed by atoms with Crippen LogP contribution in [0.25, 0.3) is 6.08 Å². The van der Waals surface area contributed by atoms with Gasteiger partial charge in [-0.15, -0.1) is 22.7 Å². The number of amides is 1. The molecule has 0 unspecified atom stereocenters. The van der Waals surface area contributed by atoms with Gasteiger partial charge in [0.1, 0.15) is 0 Å². The summed E-state index contributed by atoms with van der Waals surface area (Å²) in [6.07, 6.45) is 3.33. The molecule has 1 N–H and O–H groups in total.